The van der Waals surface area contributed by atoms with Crippen molar-refractivity contribution in [2.75, 3.05) is 25.5 Å². The van der Waals surface area contributed by atoms with Crippen molar-refractivity contribution in [1.29, 1.82) is 0 Å². The summed E-state index contributed by atoms with van der Waals surface area (Å²) in [5.41, 5.74) is -0.770. The van der Waals surface area contributed by atoms with Crippen LogP contribution in [-0.2, 0) is 9.53 Å². The van der Waals surface area contributed by atoms with Crippen LogP contribution < -0.4 is 5.32 Å². The predicted molar refractivity (Wildman–Crippen MR) is 83.3 cm³/mol. The van der Waals surface area contributed by atoms with E-state index in [1.54, 1.807) is 12.0 Å². The molecule has 1 aliphatic heterocycles. The van der Waals surface area contributed by atoms with E-state index in [0.717, 1.165) is 24.4 Å². The number of carbonyl (C=O) groups is 2. The lowest BCUT2D eigenvalue weighted by Gasteiger charge is -2.23. The van der Waals surface area contributed by atoms with E-state index < -0.39 is 11.4 Å². The average Bonchev–Trinajstić information content (AvgIpc) is 3.19. The summed E-state index contributed by atoms with van der Waals surface area (Å²) < 4.78 is 9.28. The first kappa shape index (κ1) is 16.1. The van der Waals surface area contributed by atoms with Gasteiger partial charge in [0.1, 0.15) is 6.10 Å². The fourth-order valence-electron chi connectivity index (χ4n) is 3.52. The molecule has 2 N–H and O–H groups in total. The van der Waals surface area contributed by atoms with Gasteiger partial charge < -0.3 is 14.7 Å². The van der Waals surface area contributed by atoms with Crippen LogP contribution in [0.4, 0.5) is 9.93 Å². The molecular formula is C14H20N4O4S. The molecule has 0 spiro atoms. The second-order valence-electron chi connectivity index (χ2n) is 6.20. The van der Waals surface area contributed by atoms with E-state index in [1.165, 1.54) is 0 Å². The molecule has 2 fully saturated rings. The van der Waals surface area contributed by atoms with Crippen molar-refractivity contribution in [1.82, 2.24) is 14.3 Å². The molecule has 2 aliphatic rings. The van der Waals surface area contributed by atoms with Crippen molar-refractivity contribution < 1.29 is 19.4 Å². The first-order chi connectivity index (χ1) is 11.0. The summed E-state index contributed by atoms with van der Waals surface area (Å²) in [4.78, 5) is 29.8. The summed E-state index contributed by atoms with van der Waals surface area (Å²) in [5, 5.41) is 12.7. The molecule has 0 bridgehead atoms. The highest BCUT2D eigenvalue weighted by Crippen LogP contribution is 2.48. The first-order valence-corrected chi connectivity index (χ1v) is 8.39. The van der Waals surface area contributed by atoms with E-state index in [1.807, 2.05) is 6.92 Å². The summed E-state index contributed by atoms with van der Waals surface area (Å²) in [6.45, 7) is 2.57. The van der Waals surface area contributed by atoms with Gasteiger partial charge in [-0.05, 0) is 25.7 Å². The normalized spacial score (nSPS) is 27.7. The molecule has 0 radical (unpaired) electrons. The molecule has 126 valence electrons. The highest BCUT2D eigenvalue weighted by Gasteiger charge is 2.55. The molecule has 1 saturated heterocycles. The summed E-state index contributed by atoms with van der Waals surface area (Å²) in [5.74, 6) is -0.222. The van der Waals surface area contributed by atoms with Crippen molar-refractivity contribution in [3.8, 4) is 0 Å². The van der Waals surface area contributed by atoms with E-state index in [2.05, 4.69) is 14.7 Å². The van der Waals surface area contributed by atoms with Gasteiger partial charge in [0.2, 0.25) is 5.13 Å². The van der Waals surface area contributed by atoms with Crippen LogP contribution in [0.5, 0.6) is 0 Å². The molecule has 1 aliphatic carbocycles. The van der Waals surface area contributed by atoms with Crippen LogP contribution >= 0.6 is 11.5 Å². The van der Waals surface area contributed by atoms with Crippen LogP contribution in [0.3, 0.4) is 0 Å². The van der Waals surface area contributed by atoms with Gasteiger partial charge in [0, 0.05) is 31.7 Å². The summed E-state index contributed by atoms with van der Waals surface area (Å²) in [6, 6.07) is -0.312. The molecule has 3 atom stereocenters. The van der Waals surface area contributed by atoms with E-state index >= 15 is 0 Å². The monoisotopic (exact) mass is 340 g/mol. The van der Waals surface area contributed by atoms with Crippen molar-refractivity contribution in [3.63, 3.8) is 0 Å². The minimum absolute atomic E-state index is 0.0456. The number of aromatic nitrogens is 2. The Labute approximate surface area is 138 Å². The minimum Gasteiger partial charge on any atom is -0.481 e. The van der Waals surface area contributed by atoms with Gasteiger partial charge in [0.15, 0.2) is 5.82 Å². The van der Waals surface area contributed by atoms with Crippen molar-refractivity contribution >= 4 is 28.7 Å². The summed E-state index contributed by atoms with van der Waals surface area (Å²) >= 11 is 1.09. The number of hydrogen-bond donors (Lipinski definition) is 2. The number of anilines is 1. The maximum absolute atomic E-state index is 12.4. The molecule has 8 nitrogen and oxygen atoms in total. The van der Waals surface area contributed by atoms with Crippen LogP contribution in [0.2, 0.25) is 0 Å². The average molecular weight is 340 g/mol. The van der Waals surface area contributed by atoms with Crippen LogP contribution in [-0.4, -0.2) is 51.6 Å². The number of ether oxygens (including phenoxy) is 1. The molecule has 2 heterocycles. The number of carbonyl (C=O) groups excluding carboxylic acids is 1. The van der Waals surface area contributed by atoms with E-state index in [0.29, 0.717) is 23.9 Å². The molecule has 0 aromatic carbocycles. The van der Waals surface area contributed by atoms with Gasteiger partial charge >= 0.3 is 12.0 Å². The van der Waals surface area contributed by atoms with Gasteiger partial charge in [-0.25, -0.2) is 9.78 Å². The van der Waals surface area contributed by atoms with Crippen LogP contribution in [0.25, 0.3) is 0 Å². The van der Waals surface area contributed by atoms with Crippen LogP contribution in [0.15, 0.2) is 0 Å². The first-order valence-electron chi connectivity index (χ1n) is 7.62. The lowest BCUT2D eigenvalue weighted by molar-refractivity contribution is -0.149. The molecule has 1 aromatic rings. The largest absolute Gasteiger partial charge is 0.481 e. The molecular weight excluding hydrogens is 320 g/mol. The number of rotatable bonds is 4. The smallest absolute Gasteiger partial charge is 0.323 e. The zero-order valence-electron chi connectivity index (χ0n) is 13.1. The van der Waals surface area contributed by atoms with Crippen molar-refractivity contribution in [2.24, 2.45) is 11.3 Å². The maximum atomic E-state index is 12.4. The lowest BCUT2D eigenvalue weighted by atomic mass is 9.81. The second-order valence-corrected chi connectivity index (χ2v) is 6.95. The predicted octanol–water partition coefficient (Wildman–Crippen LogP) is 1.96. The molecule has 1 saturated carbocycles. The molecule has 3 rings (SSSR count). The van der Waals surface area contributed by atoms with Gasteiger partial charge in [0.05, 0.1) is 5.41 Å². The summed E-state index contributed by atoms with van der Waals surface area (Å²) in [7, 11) is 1.57. The SMILES string of the molecule is COC(C)c1nsc(NC(=O)N2C[C@@H]3CCC[C@@]3(C(=O)O)C2)n1. The Hall–Kier alpha value is -1.74. The minimum atomic E-state index is -0.789. The standard InChI is InChI=1S/C14H20N4O4S/c1-8(22-2)10-15-12(23-17-10)16-13(21)18-6-9-4-3-5-14(9,7-18)11(19)20/h8-9H,3-7H2,1-2H3,(H,19,20)(H,15,16,17,21)/t8?,9-,14+/m0/s1. The van der Waals surface area contributed by atoms with Crippen molar-refractivity contribution in [3.05, 3.63) is 5.82 Å². The van der Waals surface area contributed by atoms with E-state index in [-0.39, 0.29) is 24.6 Å². The number of fused-ring (bicyclic) bond motifs is 1. The Morgan fingerprint density at radius 3 is 3.00 bits per heavy atom. The number of methoxy groups -OCH3 is 1. The topological polar surface area (TPSA) is 105 Å². The maximum Gasteiger partial charge on any atom is 0.323 e. The molecule has 1 unspecified atom stereocenters. The fraction of sp³-hybridized carbons (Fsp3) is 0.714. The zero-order chi connectivity index (χ0) is 16.6. The van der Waals surface area contributed by atoms with Crippen molar-refractivity contribution in [2.45, 2.75) is 32.3 Å². The third kappa shape index (κ3) is 2.78. The number of carboxylic acid groups (broad SMARTS) is 1. The number of amides is 2. The number of likely N-dealkylation sites (tertiary alicyclic amines) is 1. The lowest BCUT2D eigenvalue weighted by Crippen LogP contribution is -2.38. The second kappa shape index (κ2) is 6.04. The number of carboxylic acids is 1. The van der Waals surface area contributed by atoms with E-state index in [9.17, 15) is 14.7 Å². The number of nitrogens with one attached hydrogen (secondary N) is 1. The fourth-order valence-corrected chi connectivity index (χ4v) is 4.16. The quantitative estimate of drug-likeness (QED) is 0.868. The van der Waals surface area contributed by atoms with Gasteiger partial charge in [-0.2, -0.15) is 4.37 Å². The van der Waals surface area contributed by atoms with Gasteiger partial charge in [-0.3, -0.25) is 10.1 Å². The molecule has 23 heavy (non-hydrogen) atoms. The van der Waals surface area contributed by atoms with E-state index in [4.69, 9.17) is 4.74 Å². The Balaban J connectivity index is 1.66. The Morgan fingerprint density at radius 1 is 1.57 bits per heavy atom. The van der Waals surface area contributed by atoms with Gasteiger partial charge in [0.25, 0.3) is 0 Å². The highest BCUT2D eigenvalue weighted by molar-refractivity contribution is 7.09. The molecule has 9 heteroatoms. The third-order valence-electron chi connectivity index (χ3n) is 4.96. The van der Waals surface area contributed by atoms with Gasteiger partial charge in [-0.1, -0.05) is 6.42 Å². The molecule has 1 aromatic heterocycles. The van der Waals surface area contributed by atoms with Gasteiger partial charge in [-0.15, -0.1) is 0 Å². The van der Waals surface area contributed by atoms with Crippen LogP contribution in [0, 0.1) is 11.3 Å². The number of urea groups is 1. The Kier molecular flexibility index (Phi) is 4.24. The Bertz CT molecular complexity index is 622. The van der Waals surface area contributed by atoms with Crippen LogP contribution in [0.1, 0.15) is 38.1 Å². The highest BCUT2D eigenvalue weighted by atomic mass is 32.1. The third-order valence-corrected chi connectivity index (χ3v) is 5.60. The summed E-state index contributed by atoms with van der Waals surface area (Å²) in [6.07, 6.45) is 2.19. The zero-order valence-corrected chi connectivity index (χ0v) is 13.9. The number of nitrogens with zero attached hydrogens (tertiary/aromatic N) is 3. The number of hydrogen-bond acceptors (Lipinski definition) is 6. The Morgan fingerprint density at radius 2 is 2.35 bits per heavy atom. The number of aliphatic carboxylic acids is 1. The molecule has 2 amide bonds.